The quantitative estimate of drug-likeness (QED) is 0.864. The van der Waals surface area contributed by atoms with E-state index in [1.54, 1.807) is 6.07 Å². The van der Waals surface area contributed by atoms with Gasteiger partial charge in [-0.2, -0.15) is 0 Å². The molecule has 2 aliphatic heterocycles. The Morgan fingerprint density at radius 1 is 1.39 bits per heavy atom. The summed E-state index contributed by atoms with van der Waals surface area (Å²) in [6.45, 7) is 0.886. The van der Waals surface area contributed by atoms with Gasteiger partial charge in [0, 0.05) is 16.6 Å². The van der Waals surface area contributed by atoms with Gasteiger partial charge in [-0.3, -0.25) is 9.69 Å². The number of nitrogens with one attached hydrogen (secondary N) is 1. The Kier molecular flexibility index (Phi) is 3.11. The van der Waals surface area contributed by atoms with E-state index in [9.17, 15) is 9.18 Å². The first kappa shape index (κ1) is 12.1. The summed E-state index contributed by atoms with van der Waals surface area (Å²) in [5.41, 5.74) is 0.799. The van der Waals surface area contributed by atoms with Crippen LogP contribution in [0.3, 0.4) is 0 Å². The van der Waals surface area contributed by atoms with Crippen LogP contribution in [0.15, 0.2) is 22.7 Å². The SMILES string of the molecule is O=C1N[C@H](c2cc(F)ccc2Br)N2CCCC[C@@H]12. The standard InChI is InChI=1S/C13H14BrFN2O/c14-10-5-4-8(15)7-9(10)12-16-13(18)11-3-1-2-6-17(11)12/h4-5,7,11-12H,1-3,6H2,(H,16,18)/t11-,12-/m0/s1. The molecule has 2 fully saturated rings. The molecule has 96 valence electrons. The van der Waals surface area contributed by atoms with E-state index in [-0.39, 0.29) is 23.9 Å². The van der Waals surface area contributed by atoms with E-state index >= 15 is 0 Å². The largest absolute Gasteiger partial charge is 0.335 e. The summed E-state index contributed by atoms with van der Waals surface area (Å²) in [4.78, 5) is 14.1. The lowest BCUT2D eigenvalue weighted by molar-refractivity contribution is -0.122. The third kappa shape index (κ3) is 1.95. The van der Waals surface area contributed by atoms with Crippen molar-refractivity contribution in [3.05, 3.63) is 34.1 Å². The highest BCUT2D eigenvalue weighted by molar-refractivity contribution is 9.10. The van der Waals surface area contributed by atoms with Gasteiger partial charge in [-0.25, -0.2) is 4.39 Å². The zero-order valence-electron chi connectivity index (χ0n) is 9.83. The number of nitrogens with zero attached hydrogens (tertiary/aromatic N) is 1. The van der Waals surface area contributed by atoms with Gasteiger partial charge < -0.3 is 5.32 Å². The van der Waals surface area contributed by atoms with Crippen molar-refractivity contribution >= 4 is 21.8 Å². The van der Waals surface area contributed by atoms with Crippen LogP contribution in [-0.2, 0) is 4.79 Å². The van der Waals surface area contributed by atoms with Gasteiger partial charge >= 0.3 is 0 Å². The molecule has 3 rings (SSSR count). The maximum Gasteiger partial charge on any atom is 0.238 e. The fourth-order valence-electron chi connectivity index (χ4n) is 2.84. The van der Waals surface area contributed by atoms with Crippen LogP contribution in [0.1, 0.15) is 31.0 Å². The van der Waals surface area contributed by atoms with Crippen molar-refractivity contribution in [3.63, 3.8) is 0 Å². The highest BCUT2D eigenvalue weighted by Crippen LogP contribution is 2.35. The lowest BCUT2D eigenvalue weighted by Crippen LogP contribution is -2.38. The summed E-state index contributed by atoms with van der Waals surface area (Å²) < 4.78 is 14.2. The molecule has 2 atom stereocenters. The van der Waals surface area contributed by atoms with E-state index in [0.29, 0.717) is 0 Å². The Hall–Kier alpha value is -0.940. The van der Waals surface area contributed by atoms with Gasteiger partial charge in [-0.05, 0) is 31.0 Å². The molecule has 3 nitrogen and oxygen atoms in total. The summed E-state index contributed by atoms with van der Waals surface area (Å²) in [7, 11) is 0. The summed E-state index contributed by atoms with van der Waals surface area (Å²) >= 11 is 3.43. The van der Waals surface area contributed by atoms with Gasteiger partial charge in [0.1, 0.15) is 12.0 Å². The van der Waals surface area contributed by atoms with E-state index in [4.69, 9.17) is 0 Å². The molecule has 1 N–H and O–H groups in total. The van der Waals surface area contributed by atoms with Crippen molar-refractivity contribution < 1.29 is 9.18 Å². The maximum atomic E-state index is 13.4. The lowest BCUT2D eigenvalue weighted by Gasteiger charge is -2.31. The molecule has 0 spiro atoms. The average Bonchev–Trinajstić information content (AvgIpc) is 2.71. The zero-order valence-corrected chi connectivity index (χ0v) is 11.4. The van der Waals surface area contributed by atoms with Crippen LogP contribution in [0.4, 0.5) is 4.39 Å². The molecular formula is C13H14BrFN2O. The number of carbonyl (C=O) groups excluding carboxylic acids is 1. The fraction of sp³-hybridized carbons (Fsp3) is 0.462. The number of rotatable bonds is 1. The van der Waals surface area contributed by atoms with Crippen LogP contribution >= 0.6 is 15.9 Å². The predicted molar refractivity (Wildman–Crippen MR) is 69.3 cm³/mol. The van der Waals surface area contributed by atoms with Crippen LogP contribution in [0.5, 0.6) is 0 Å². The van der Waals surface area contributed by atoms with E-state index in [2.05, 4.69) is 26.1 Å². The molecule has 2 saturated heterocycles. The van der Waals surface area contributed by atoms with Crippen molar-refractivity contribution in [3.8, 4) is 0 Å². The van der Waals surface area contributed by atoms with Gasteiger partial charge in [-0.15, -0.1) is 0 Å². The van der Waals surface area contributed by atoms with Crippen molar-refractivity contribution in [1.82, 2.24) is 10.2 Å². The highest BCUT2D eigenvalue weighted by atomic mass is 79.9. The van der Waals surface area contributed by atoms with Crippen LogP contribution in [-0.4, -0.2) is 23.4 Å². The number of amides is 1. The molecule has 1 aromatic carbocycles. The molecule has 0 saturated carbocycles. The summed E-state index contributed by atoms with van der Waals surface area (Å²) in [6, 6.07) is 4.55. The number of hydrogen-bond donors (Lipinski definition) is 1. The molecule has 5 heteroatoms. The lowest BCUT2D eigenvalue weighted by atomic mass is 10.0. The molecule has 0 bridgehead atoms. The Morgan fingerprint density at radius 2 is 2.22 bits per heavy atom. The Morgan fingerprint density at radius 3 is 3.06 bits per heavy atom. The minimum absolute atomic E-state index is 0.0427. The summed E-state index contributed by atoms with van der Waals surface area (Å²) in [5.74, 6) is -0.209. The van der Waals surface area contributed by atoms with Gasteiger partial charge in [0.2, 0.25) is 5.91 Å². The third-order valence-corrected chi connectivity index (χ3v) is 4.43. The third-order valence-electron chi connectivity index (χ3n) is 3.71. The first-order chi connectivity index (χ1) is 8.66. The van der Waals surface area contributed by atoms with Gasteiger partial charge in [0.05, 0.1) is 6.04 Å². The number of fused-ring (bicyclic) bond motifs is 1. The van der Waals surface area contributed by atoms with E-state index in [1.165, 1.54) is 12.1 Å². The molecule has 0 aromatic heterocycles. The van der Waals surface area contributed by atoms with Gasteiger partial charge in [0.25, 0.3) is 0 Å². The number of halogens is 2. The van der Waals surface area contributed by atoms with Crippen molar-refractivity contribution in [2.75, 3.05) is 6.54 Å². The van der Waals surface area contributed by atoms with Crippen molar-refractivity contribution in [2.24, 2.45) is 0 Å². The van der Waals surface area contributed by atoms with Gasteiger partial charge in [-0.1, -0.05) is 22.4 Å². The molecular weight excluding hydrogens is 299 g/mol. The van der Waals surface area contributed by atoms with Gasteiger partial charge in [0.15, 0.2) is 0 Å². The zero-order chi connectivity index (χ0) is 12.7. The Bertz CT molecular complexity index is 494. The van der Waals surface area contributed by atoms with Crippen LogP contribution < -0.4 is 5.32 Å². The minimum atomic E-state index is -0.275. The Balaban J connectivity index is 1.96. The highest BCUT2D eigenvalue weighted by Gasteiger charge is 2.42. The van der Waals surface area contributed by atoms with Crippen LogP contribution in [0.2, 0.25) is 0 Å². The minimum Gasteiger partial charge on any atom is -0.335 e. The molecule has 0 radical (unpaired) electrons. The second kappa shape index (κ2) is 4.63. The molecule has 1 amide bonds. The Labute approximate surface area is 113 Å². The van der Waals surface area contributed by atoms with Crippen molar-refractivity contribution in [2.45, 2.75) is 31.5 Å². The molecule has 1 aromatic rings. The fourth-order valence-corrected chi connectivity index (χ4v) is 3.30. The average molecular weight is 313 g/mol. The predicted octanol–water partition coefficient (Wildman–Crippen LogP) is 2.57. The molecule has 0 unspecified atom stereocenters. The number of hydrogen-bond acceptors (Lipinski definition) is 2. The molecule has 2 heterocycles. The topological polar surface area (TPSA) is 32.3 Å². The van der Waals surface area contributed by atoms with E-state index in [0.717, 1.165) is 35.8 Å². The summed E-state index contributed by atoms with van der Waals surface area (Å²) in [5, 5.41) is 2.97. The maximum absolute atomic E-state index is 13.4. The molecule has 2 aliphatic rings. The van der Waals surface area contributed by atoms with Crippen LogP contribution in [0.25, 0.3) is 0 Å². The smallest absolute Gasteiger partial charge is 0.238 e. The van der Waals surface area contributed by atoms with E-state index < -0.39 is 0 Å². The number of piperidine rings is 1. The van der Waals surface area contributed by atoms with E-state index in [1.807, 2.05) is 0 Å². The van der Waals surface area contributed by atoms with Crippen molar-refractivity contribution in [1.29, 1.82) is 0 Å². The first-order valence-corrected chi connectivity index (χ1v) is 6.97. The van der Waals surface area contributed by atoms with Crippen LogP contribution in [0, 0.1) is 5.82 Å². The monoisotopic (exact) mass is 312 g/mol. The number of benzene rings is 1. The first-order valence-electron chi connectivity index (χ1n) is 6.18. The molecule has 18 heavy (non-hydrogen) atoms. The number of carbonyl (C=O) groups is 1. The second-order valence-corrected chi connectivity index (χ2v) is 5.68. The summed E-state index contributed by atoms with van der Waals surface area (Å²) in [6.07, 6.45) is 2.88. The second-order valence-electron chi connectivity index (χ2n) is 4.83. The molecule has 0 aliphatic carbocycles. The normalized spacial score (nSPS) is 28.0.